The van der Waals surface area contributed by atoms with Crippen LogP contribution in [0.15, 0.2) is 0 Å². The summed E-state index contributed by atoms with van der Waals surface area (Å²) in [6.07, 6.45) is 3.83. The normalized spacial score (nSPS) is 20.5. The molecule has 0 bridgehead atoms. The molecule has 0 spiro atoms. The van der Waals surface area contributed by atoms with E-state index >= 15 is 0 Å². The van der Waals surface area contributed by atoms with Gasteiger partial charge >= 0.3 is 0 Å². The smallest absolute Gasteiger partial charge is 0.237 e. The van der Waals surface area contributed by atoms with Crippen molar-refractivity contribution in [2.75, 3.05) is 33.9 Å². The fourth-order valence-corrected chi connectivity index (χ4v) is 1.64. The number of nitrogens with two attached hydrogens (primary N) is 1. The highest BCUT2D eigenvalue weighted by atomic mass is 16.7. The lowest BCUT2D eigenvalue weighted by Gasteiger charge is -2.34. The maximum atomic E-state index is 5.84. The van der Waals surface area contributed by atoms with E-state index in [1.165, 1.54) is 19.3 Å². The number of hydrogen-bond donors (Lipinski definition) is 1. The summed E-state index contributed by atoms with van der Waals surface area (Å²) in [6.45, 7) is 2.86. The van der Waals surface area contributed by atoms with Crippen molar-refractivity contribution < 1.29 is 9.47 Å². The Morgan fingerprint density at radius 2 is 1.69 bits per heavy atom. The lowest BCUT2D eigenvalue weighted by atomic mass is 10.1. The Kier molecular flexibility index (Phi) is 4.12. The van der Waals surface area contributed by atoms with Crippen LogP contribution in [0.4, 0.5) is 0 Å². The van der Waals surface area contributed by atoms with Crippen molar-refractivity contribution in [3.8, 4) is 0 Å². The highest BCUT2D eigenvalue weighted by Crippen LogP contribution is 2.12. The van der Waals surface area contributed by atoms with Crippen LogP contribution in [0.3, 0.4) is 0 Å². The van der Waals surface area contributed by atoms with Gasteiger partial charge in [-0.05, 0) is 25.9 Å². The summed E-state index contributed by atoms with van der Waals surface area (Å²) in [5, 5.41) is 0. The van der Waals surface area contributed by atoms with E-state index < -0.39 is 5.91 Å². The third-order valence-electron chi connectivity index (χ3n) is 2.58. The van der Waals surface area contributed by atoms with Crippen LogP contribution >= 0.6 is 0 Å². The van der Waals surface area contributed by atoms with Crippen LogP contribution in [0.25, 0.3) is 0 Å². The van der Waals surface area contributed by atoms with E-state index in [9.17, 15) is 0 Å². The molecule has 0 aromatic rings. The number of hydrogen-bond acceptors (Lipinski definition) is 4. The molecule has 0 aliphatic carbocycles. The summed E-state index contributed by atoms with van der Waals surface area (Å²) in [4.78, 5) is 2.29. The quantitative estimate of drug-likeness (QED) is 0.648. The summed E-state index contributed by atoms with van der Waals surface area (Å²) in [5.74, 6) is -0.933. The molecule has 78 valence electrons. The SMILES string of the molecule is COC(N)(CN1CCCCC1)OC. The number of methoxy groups -OCH3 is 2. The summed E-state index contributed by atoms with van der Waals surface area (Å²) in [7, 11) is 3.15. The van der Waals surface area contributed by atoms with Gasteiger partial charge in [0.05, 0.1) is 6.54 Å². The largest absolute Gasteiger partial charge is 0.340 e. The lowest BCUT2D eigenvalue weighted by Crippen LogP contribution is -2.54. The molecule has 1 saturated heterocycles. The third kappa shape index (κ3) is 3.23. The van der Waals surface area contributed by atoms with Crippen LogP contribution < -0.4 is 5.73 Å². The van der Waals surface area contributed by atoms with Crippen LogP contribution in [-0.4, -0.2) is 44.7 Å². The summed E-state index contributed by atoms with van der Waals surface area (Å²) in [5.41, 5.74) is 5.84. The van der Waals surface area contributed by atoms with Gasteiger partial charge in [0.15, 0.2) is 0 Å². The Hall–Kier alpha value is -0.160. The topological polar surface area (TPSA) is 47.7 Å². The van der Waals surface area contributed by atoms with Gasteiger partial charge in [0, 0.05) is 14.2 Å². The summed E-state index contributed by atoms with van der Waals surface area (Å²) >= 11 is 0. The molecule has 0 radical (unpaired) electrons. The molecule has 0 unspecified atom stereocenters. The zero-order chi connectivity index (χ0) is 9.73. The molecule has 0 amide bonds. The standard InChI is InChI=1S/C9H20N2O2/c1-12-9(10,13-2)8-11-6-4-3-5-7-11/h3-8,10H2,1-2H3. The first-order chi connectivity index (χ1) is 6.20. The predicted molar refractivity (Wildman–Crippen MR) is 51.2 cm³/mol. The molecule has 0 aromatic carbocycles. The van der Waals surface area contributed by atoms with Gasteiger partial charge in [0.1, 0.15) is 0 Å². The van der Waals surface area contributed by atoms with E-state index in [2.05, 4.69) is 4.90 Å². The predicted octanol–water partition coefficient (Wildman–Crippen LogP) is 0.378. The first-order valence-electron chi connectivity index (χ1n) is 4.82. The summed E-state index contributed by atoms with van der Waals surface area (Å²) in [6, 6.07) is 0. The van der Waals surface area contributed by atoms with Gasteiger partial charge in [-0.1, -0.05) is 6.42 Å². The molecule has 1 heterocycles. The van der Waals surface area contributed by atoms with Crippen molar-refractivity contribution in [1.82, 2.24) is 4.90 Å². The average Bonchev–Trinajstić information content (AvgIpc) is 2.19. The fourth-order valence-electron chi connectivity index (χ4n) is 1.64. The Labute approximate surface area is 80.0 Å². The van der Waals surface area contributed by atoms with Crippen LogP contribution in [0.2, 0.25) is 0 Å². The molecule has 2 N–H and O–H groups in total. The Morgan fingerprint density at radius 1 is 1.15 bits per heavy atom. The van der Waals surface area contributed by atoms with Crippen molar-refractivity contribution in [3.05, 3.63) is 0 Å². The highest BCUT2D eigenvalue weighted by Gasteiger charge is 2.27. The Bertz CT molecular complexity index is 143. The van der Waals surface area contributed by atoms with E-state index in [1.54, 1.807) is 14.2 Å². The van der Waals surface area contributed by atoms with Crippen molar-refractivity contribution in [1.29, 1.82) is 0 Å². The van der Waals surface area contributed by atoms with Crippen LogP contribution in [0.1, 0.15) is 19.3 Å². The van der Waals surface area contributed by atoms with Crippen molar-refractivity contribution in [2.24, 2.45) is 5.73 Å². The molecule has 1 aliphatic rings. The monoisotopic (exact) mass is 188 g/mol. The Morgan fingerprint density at radius 3 is 2.15 bits per heavy atom. The molecule has 13 heavy (non-hydrogen) atoms. The van der Waals surface area contributed by atoms with Crippen molar-refractivity contribution in [2.45, 2.75) is 25.2 Å². The van der Waals surface area contributed by atoms with Gasteiger partial charge in [0.2, 0.25) is 5.91 Å². The van der Waals surface area contributed by atoms with Gasteiger partial charge in [-0.3, -0.25) is 10.6 Å². The minimum absolute atomic E-state index is 0.653. The maximum Gasteiger partial charge on any atom is 0.237 e. The van der Waals surface area contributed by atoms with Gasteiger partial charge in [-0.2, -0.15) is 0 Å². The van der Waals surface area contributed by atoms with Gasteiger partial charge in [-0.15, -0.1) is 0 Å². The number of piperidine rings is 1. The maximum absolute atomic E-state index is 5.84. The van der Waals surface area contributed by atoms with E-state index in [4.69, 9.17) is 15.2 Å². The minimum Gasteiger partial charge on any atom is -0.340 e. The van der Waals surface area contributed by atoms with Gasteiger partial charge < -0.3 is 9.47 Å². The molecule has 4 nitrogen and oxygen atoms in total. The third-order valence-corrected chi connectivity index (χ3v) is 2.58. The van der Waals surface area contributed by atoms with Crippen molar-refractivity contribution in [3.63, 3.8) is 0 Å². The first-order valence-corrected chi connectivity index (χ1v) is 4.82. The van der Waals surface area contributed by atoms with E-state index in [0.29, 0.717) is 6.54 Å². The summed E-state index contributed by atoms with van der Waals surface area (Å²) < 4.78 is 10.2. The van der Waals surface area contributed by atoms with Crippen LogP contribution in [-0.2, 0) is 9.47 Å². The molecule has 1 fully saturated rings. The molecule has 4 heteroatoms. The molecule has 1 aliphatic heterocycles. The van der Waals surface area contributed by atoms with Gasteiger partial charge in [0.25, 0.3) is 0 Å². The molecular formula is C9H20N2O2. The van der Waals surface area contributed by atoms with Crippen molar-refractivity contribution >= 4 is 0 Å². The van der Waals surface area contributed by atoms with Gasteiger partial charge in [-0.25, -0.2) is 0 Å². The zero-order valence-corrected chi connectivity index (χ0v) is 8.58. The molecule has 0 aromatic heterocycles. The van der Waals surface area contributed by atoms with E-state index in [0.717, 1.165) is 13.1 Å². The second kappa shape index (κ2) is 4.91. The number of ether oxygens (including phenoxy) is 2. The number of nitrogens with zero attached hydrogens (tertiary/aromatic N) is 1. The fraction of sp³-hybridized carbons (Fsp3) is 1.00. The molecule has 1 rings (SSSR count). The zero-order valence-electron chi connectivity index (χ0n) is 8.58. The number of rotatable bonds is 4. The second-order valence-electron chi connectivity index (χ2n) is 3.56. The Balaban J connectivity index is 2.35. The van der Waals surface area contributed by atoms with Crippen LogP contribution in [0.5, 0.6) is 0 Å². The molecule has 0 saturated carbocycles. The molecular weight excluding hydrogens is 168 g/mol. The lowest BCUT2D eigenvalue weighted by molar-refractivity contribution is -0.213. The highest BCUT2D eigenvalue weighted by molar-refractivity contribution is 4.71. The molecule has 0 atom stereocenters. The van der Waals surface area contributed by atoms with E-state index in [-0.39, 0.29) is 0 Å². The second-order valence-corrected chi connectivity index (χ2v) is 3.56. The first kappa shape index (κ1) is 10.9. The minimum atomic E-state index is -0.933. The number of likely N-dealkylation sites (tertiary alicyclic amines) is 1. The van der Waals surface area contributed by atoms with E-state index in [1.807, 2.05) is 0 Å². The average molecular weight is 188 g/mol. The van der Waals surface area contributed by atoms with Crippen LogP contribution in [0, 0.1) is 0 Å².